The largest absolute Gasteiger partial charge is 0.387 e. The number of aromatic nitrogens is 1. The second kappa shape index (κ2) is 6.98. The lowest BCUT2D eigenvalue weighted by molar-refractivity contribution is -0.133. The van der Waals surface area contributed by atoms with Crippen molar-refractivity contribution in [2.45, 2.75) is 37.5 Å². The SMILES string of the molecule is O=C(CCc1c(F)cc(Cl)cc1Cl)[C@]1(F)CC[C@H](O)c2ncccc21. The summed E-state index contributed by atoms with van der Waals surface area (Å²) in [5.41, 5.74) is -1.84. The van der Waals surface area contributed by atoms with Gasteiger partial charge in [-0.15, -0.1) is 0 Å². The second-order valence-corrected chi connectivity index (χ2v) is 6.91. The Kier molecular flexibility index (Phi) is 5.09. The zero-order chi connectivity index (χ0) is 18.2. The molecule has 132 valence electrons. The molecule has 1 N–H and O–H groups in total. The Bertz CT molecular complexity index is 807. The summed E-state index contributed by atoms with van der Waals surface area (Å²) in [7, 11) is 0. The molecule has 0 spiro atoms. The predicted octanol–water partition coefficient (Wildman–Crippen LogP) is 4.72. The van der Waals surface area contributed by atoms with Crippen LogP contribution in [0.5, 0.6) is 0 Å². The van der Waals surface area contributed by atoms with Gasteiger partial charge in [-0.05, 0) is 37.5 Å². The Balaban J connectivity index is 1.84. The minimum atomic E-state index is -2.24. The minimum Gasteiger partial charge on any atom is -0.387 e. The van der Waals surface area contributed by atoms with E-state index in [4.69, 9.17) is 23.2 Å². The van der Waals surface area contributed by atoms with Crippen molar-refractivity contribution in [1.29, 1.82) is 0 Å². The van der Waals surface area contributed by atoms with Crippen LogP contribution in [0, 0.1) is 5.82 Å². The molecule has 2 aromatic rings. The molecule has 1 aromatic carbocycles. The van der Waals surface area contributed by atoms with Gasteiger partial charge in [0.2, 0.25) is 0 Å². The summed E-state index contributed by atoms with van der Waals surface area (Å²) in [6.07, 6.45) is 0.256. The predicted molar refractivity (Wildman–Crippen MR) is 91.0 cm³/mol. The lowest BCUT2D eigenvalue weighted by atomic mass is 9.77. The smallest absolute Gasteiger partial charge is 0.195 e. The summed E-state index contributed by atoms with van der Waals surface area (Å²) in [4.78, 5) is 16.6. The van der Waals surface area contributed by atoms with Crippen LogP contribution in [-0.4, -0.2) is 15.9 Å². The van der Waals surface area contributed by atoms with Gasteiger partial charge in [0, 0.05) is 33.8 Å². The Morgan fingerprint density at radius 2 is 2.16 bits per heavy atom. The van der Waals surface area contributed by atoms with Gasteiger partial charge in [0.15, 0.2) is 11.5 Å². The van der Waals surface area contributed by atoms with Gasteiger partial charge in [0.1, 0.15) is 5.82 Å². The van der Waals surface area contributed by atoms with Crippen molar-refractivity contribution in [3.63, 3.8) is 0 Å². The molecule has 0 saturated heterocycles. The van der Waals surface area contributed by atoms with Crippen molar-refractivity contribution in [2.24, 2.45) is 0 Å². The Hall–Kier alpha value is -1.56. The zero-order valence-corrected chi connectivity index (χ0v) is 14.6. The number of carbonyl (C=O) groups excluding carboxylic acids is 1. The average molecular weight is 386 g/mol. The van der Waals surface area contributed by atoms with E-state index < -0.39 is 23.4 Å². The molecule has 3 rings (SSSR count). The van der Waals surface area contributed by atoms with Crippen LogP contribution in [0.1, 0.15) is 42.2 Å². The highest BCUT2D eigenvalue weighted by Crippen LogP contribution is 2.43. The third-order valence-electron chi connectivity index (χ3n) is 4.49. The summed E-state index contributed by atoms with van der Waals surface area (Å²) >= 11 is 11.7. The van der Waals surface area contributed by atoms with Crippen LogP contribution in [0.15, 0.2) is 30.5 Å². The molecule has 0 radical (unpaired) electrons. The highest BCUT2D eigenvalue weighted by molar-refractivity contribution is 6.35. The van der Waals surface area contributed by atoms with E-state index in [9.17, 15) is 14.3 Å². The Labute approximate surface area is 153 Å². The molecule has 0 bridgehead atoms. The number of carbonyl (C=O) groups is 1. The molecule has 0 unspecified atom stereocenters. The van der Waals surface area contributed by atoms with Gasteiger partial charge in [0.25, 0.3) is 0 Å². The molecule has 0 amide bonds. The monoisotopic (exact) mass is 385 g/mol. The lowest BCUT2D eigenvalue weighted by Crippen LogP contribution is -2.37. The third kappa shape index (κ3) is 3.41. The highest BCUT2D eigenvalue weighted by Gasteiger charge is 2.45. The van der Waals surface area contributed by atoms with E-state index in [1.165, 1.54) is 24.4 Å². The first-order valence-corrected chi connectivity index (χ1v) is 8.57. The number of benzene rings is 1. The standard InChI is InChI=1S/C18H15Cl2F2NO2/c19-10-8-13(20)11(14(21)9-10)3-4-16(25)18(22)6-5-15(24)17-12(18)2-1-7-23-17/h1-2,7-9,15,24H,3-6H2/t15-,18-/m0/s1. The number of rotatable bonds is 4. The molecular weight excluding hydrogens is 371 g/mol. The molecule has 7 heteroatoms. The summed E-state index contributed by atoms with van der Waals surface area (Å²) < 4.78 is 29.4. The quantitative estimate of drug-likeness (QED) is 0.827. The van der Waals surface area contributed by atoms with E-state index in [0.717, 1.165) is 6.07 Å². The molecule has 25 heavy (non-hydrogen) atoms. The first kappa shape index (κ1) is 18.2. The first-order valence-electron chi connectivity index (χ1n) is 7.82. The number of nitrogens with zero attached hydrogens (tertiary/aromatic N) is 1. The molecule has 3 nitrogen and oxygen atoms in total. The topological polar surface area (TPSA) is 50.2 Å². The summed E-state index contributed by atoms with van der Waals surface area (Å²) in [6.45, 7) is 0. The van der Waals surface area contributed by atoms with Crippen LogP contribution in [0.3, 0.4) is 0 Å². The van der Waals surface area contributed by atoms with Crippen LogP contribution in [0.25, 0.3) is 0 Å². The van der Waals surface area contributed by atoms with Crippen molar-refractivity contribution in [3.05, 3.63) is 63.1 Å². The summed E-state index contributed by atoms with van der Waals surface area (Å²) in [5, 5.41) is 10.2. The van der Waals surface area contributed by atoms with Crippen LogP contribution in [0.2, 0.25) is 10.0 Å². The zero-order valence-electron chi connectivity index (χ0n) is 13.1. The van der Waals surface area contributed by atoms with Gasteiger partial charge < -0.3 is 5.11 Å². The maximum atomic E-state index is 15.5. The maximum Gasteiger partial charge on any atom is 0.195 e. The Morgan fingerprint density at radius 1 is 1.40 bits per heavy atom. The van der Waals surface area contributed by atoms with Crippen LogP contribution >= 0.6 is 23.2 Å². The number of aliphatic hydroxyl groups is 1. The second-order valence-electron chi connectivity index (χ2n) is 6.06. The van der Waals surface area contributed by atoms with Gasteiger partial charge in [0.05, 0.1) is 11.8 Å². The van der Waals surface area contributed by atoms with E-state index in [1.807, 2.05) is 0 Å². The number of alkyl halides is 1. The molecule has 1 aliphatic carbocycles. The van der Waals surface area contributed by atoms with Crippen LogP contribution in [-0.2, 0) is 16.9 Å². The van der Waals surface area contributed by atoms with Gasteiger partial charge in [-0.25, -0.2) is 8.78 Å². The number of Topliss-reactive ketones (excluding diaryl/α,β-unsaturated/α-hetero) is 1. The number of halogens is 4. The highest BCUT2D eigenvalue weighted by atomic mass is 35.5. The molecule has 0 aliphatic heterocycles. The van der Waals surface area contributed by atoms with Crippen molar-refractivity contribution >= 4 is 29.0 Å². The Morgan fingerprint density at radius 3 is 2.88 bits per heavy atom. The fraction of sp³-hybridized carbons (Fsp3) is 0.333. The van der Waals surface area contributed by atoms with E-state index in [0.29, 0.717) is 0 Å². The minimum absolute atomic E-state index is 0.0372. The van der Waals surface area contributed by atoms with Crippen LogP contribution < -0.4 is 0 Å². The maximum absolute atomic E-state index is 15.5. The number of hydrogen-bond donors (Lipinski definition) is 1. The van der Waals surface area contributed by atoms with Gasteiger partial charge in [-0.1, -0.05) is 29.3 Å². The number of fused-ring (bicyclic) bond motifs is 1. The fourth-order valence-corrected chi connectivity index (χ4v) is 3.73. The number of hydrogen-bond acceptors (Lipinski definition) is 3. The van der Waals surface area contributed by atoms with Crippen molar-refractivity contribution in [1.82, 2.24) is 4.98 Å². The van der Waals surface area contributed by atoms with Crippen LogP contribution in [0.4, 0.5) is 8.78 Å². The molecule has 2 atom stereocenters. The number of ketones is 1. The van der Waals surface area contributed by atoms with Gasteiger partial charge >= 0.3 is 0 Å². The number of pyridine rings is 1. The summed E-state index contributed by atoms with van der Waals surface area (Å²) in [6, 6.07) is 5.47. The molecule has 0 fully saturated rings. The first-order chi connectivity index (χ1) is 11.8. The van der Waals surface area contributed by atoms with E-state index in [2.05, 4.69) is 4.98 Å². The van der Waals surface area contributed by atoms with Crippen molar-refractivity contribution < 1.29 is 18.7 Å². The molecular formula is C18H15Cl2F2NO2. The van der Waals surface area contributed by atoms with E-state index in [1.54, 1.807) is 0 Å². The molecule has 0 saturated carbocycles. The fourth-order valence-electron chi connectivity index (χ4n) is 3.16. The average Bonchev–Trinajstić information content (AvgIpc) is 2.57. The normalized spacial score (nSPS) is 22.5. The third-order valence-corrected chi connectivity index (χ3v) is 5.05. The van der Waals surface area contributed by atoms with Crippen molar-refractivity contribution in [2.75, 3.05) is 0 Å². The number of aliphatic hydroxyl groups excluding tert-OH is 1. The molecule has 1 aliphatic rings. The van der Waals surface area contributed by atoms with E-state index >= 15 is 4.39 Å². The molecule has 1 heterocycles. The van der Waals surface area contributed by atoms with Crippen molar-refractivity contribution in [3.8, 4) is 0 Å². The van der Waals surface area contributed by atoms with Gasteiger partial charge in [-0.2, -0.15) is 0 Å². The van der Waals surface area contributed by atoms with E-state index in [-0.39, 0.29) is 52.5 Å². The summed E-state index contributed by atoms with van der Waals surface area (Å²) in [5.74, 6) is -1.31. The lowest BCUT2D eigenvalue weighted by Gasteiger charge is -2.32. The van der Waals surface area contributed by atoms with Gasteiger partial charge in [-0.3, -0.25) is 9.78 Å². The molecule has 1 aromatic heterocycles.